The number of halogens is 4. The van der Waals surface area contributed by atoms with Crippen LogP contribution in [-0.2, 0) is 4.79 Å². The summed E-state index contributed by atoms with van der Waals surface area (Å²) in [4.78, 5) is 20.9. The van der Waals surface area contributed by atoms with Crippen LogP contribution in [-0.4, -0.2) is 81.2 Å². The highest BCUT2D eigenvalue weighted by Gasteiger charge is 2.31. The fraction of sp³-hybridized carbons (Fsp3) is 0.556. The molecule has 28 heavy (non-hydrogen) atoms. The van der Waals surface area contributed by atoms with Gasteiger partial charge in [0.2, 0.25) is 5.91 Å². The number of anilines is 1. The van der Waals surface area contributed by atoms with E-state index < -0.39 is 18.6 Å². The number of rotatable bonds is 4. The molecule has 0 unspecified atom stereocenters. The molecule has 1 saturated heterocycles. The van der Waals surface area contributed by atoms with Crippen LogP contribution in [0.25, 0.3) is 0 Å². The number of amides is 1. The smallest absolute Gasteiger partial charge is 0.368 e. The first-order valence-electron chi connectivity index (χ1n) is 8.88. The predicted octanol–water partition coefficient (Wildman–Crippen LogP) is 2.37. The molecule has 1 aliphatic heterocycles. The van der Waals surface area contributed by atoms with Crippen molar-refractivity contribution in [2.24, 2.45) is 4.99 Å². The number of nitrogens with one attached hydrogen (secondary N) is 1. The highest BCUT2D eigenvalue weighted by Crippen LogP contribution is 2.25. The van der Waals surface area contributed by atoms with Crippen molar-refractivity contribution in [3.63, 3.8) is 0 Å². The predicted molar refractivity (Wildman–Crippen MR) is 105 cm³/mol. The van der Waals surface area contributed by atoms with Crippen molar-refractivity contribution in [3.05, 3.63) is 28.8 Å². The first kappa shape index (κ1) is 22.1. The van der Waals surface area contributed by atoms with Gasteiger partial charge < -0.3 is 20.0 Å². The quantitative estimate of drug-likeness (QED) is 0.601. The molecule has 0 saturated carbocycles. The highest BCUT2D eigenvalue weighted by atomic mass is 35.5. The molecule has 1 aliphatic rings. The second-order valence-corrected chi connectivity index (χ2v) is 7.11. The van der Waals surface area contributed by atoms with E-state index in [-0.39, 0.29) is 6.54 Å². The topological polar surface area (TPSA) is 51.2 Å². The lowest BCUT2D eigenvalue weighted by atomic mass is 10.1. The van der Waals surface area contributed by atoms with E-state index in [2.05, 4.69) is 15.2 Å². The molecule has 1 aromatic rings. The van der Waals surface area contributed by atoms with Crippen LogP contribution in [0.1, 0.15) is 5.56 Å². The molecule has 1 N–H and O–H groups in total. The Kier molecular flexibility index (Phi) is 7.40. The zero-order valence-corrected chi connectivity index (χ0v) is 16.9. The average molecular weight is 420 g/mol. The summed E-state index contributed by atoms with van der Waals surface area (Å²) in [6.07, 6.45) is -4.42. The lowest BCUT2D eigenvalue weighted by molar-refractivity contribution is -0.157. The third-order valence-corrected chi connectivity index (χ3v) is 4.78. The second kappa shape index (κ2) is 9.36. The number of guanidine groups is 1. The number of benzene rings is 1. The summed E-state index contributed by atoms with van der Waals surface area (Å²) < 4.78 is 37.2. The minimum absolute atomic E-state index is 0.243. The molecule has 0 bridgehead atoms. The third-order valence-electron chi connectivity index (χ3n) is 4.54. The zero-order chi connectivity index (χ0) is 20.9. The lowest BCUT2D eigenvalue weighted by Gasteiger charge is -2.38. The van der Waals surface area contributed by atoms with E-state index >= 15 is 0 Å². The molecule has 1 aromatic carbocycles. The molecule has 1 heterocycles. The zero-order valence-electron chi connectivity index (χ0n) is 16.2. The Balaban J connectivity index is 1.88. The van der Waals surface area contributed by atoms with Crippen molar-refractivity contribution in [2.75, 3.05) is 58.3 Å². The normalized spacial score (nSPS) is 15.6. The van der Waals surface area contributed by atoms with Crippen molar-refractivity contribution in [3.8, 4) is 0 Å². The van der Waals surface area contributed by atoms with Crippen LogP contribution in [0.2, 0.25) is 5.02 Å². The molecule has 0 radical (unpaired) electrons. The molecular weight excluding hydrogens is 395 g/mol. The van der Waals surface area contributed by atoms with E-state index in [1.54, 1.807) is 7.05 Å². The summed E-state index contributed by atoms with van der Waals surface area (Å²) in [5.74, 6) is -0.150. The number of carbonyl (C=O) groups is 1. The summed E-state index contributed by atoms with van der Waals surface area (Å²) in [6.45, 7) is 3.32. The van der Waals surface area contributed by atoms with Crippen LogP contribution in [0.5, 0.6) is 0 Å². The Bertz CT molecular complexity index is 718. The molecule has 0 atom stereocenters. The maximum atomic E-state index is 12.4. The van der Waals surface area contributed by atoms with Gasteiger partial charge in [0, 0.05) is 51.0 Å². The minimum atomic E-state index is -4.42. The fourth-order valence-corrected chi connectivity index (χ4v) is 3.23. The van der Waals surface area contributed by atoms with E-state index in [9.17, 15) is 18.0 Å². The van der Waals surface area contributed by atoms with Gasteiger partial charge in [0.1, 0.15) is 6.54 Å². The van der Waals surface area contributed by atoms with E-state index in [0.717, 1.165) is 31.4 Å². The van der Waals surface area contributed by atoms with Crippen LogP contribution in [0.15, 0.2) is 23.2 Å². The monoisotopic (exact) mass is 419 g/mol. The van der Waals surface area contributed by atoms with Crippen molar-refractivity contribution in [1.82, 2.24) is 15.1 Å². The molecule has 0 aliphatic carbocycles. The van der Waals surface area contributed by atoms with Crippen molar-refractivity contribution in [1.29, 1.82) is 0 Å². The fourth-order valence-electron chi connectivity index (χ4n) is 3.06. The number of likely N-dealkylation sites (N-methyl/N-ethyl adjacent to an activating group) is 1. The van der Waals surface area contributed by atoms with Gasteiger partial charge in [-0.1, -0.05) is 17.7 Å². The number of nitrogens with zero attached hydrogens (tertiary/aromatic N) is 4. The van der Waals surface area contributed by atoms with Crippen LogP contribution in [0.3, 0.4) is 0 Å². The van der Waals surface area contributed by atoms with Crippen molar-refractivity contribution in [2.45, 2.75) is 13.1 Å². The van der Waals surface area contributed by atoms with Gasteiger partial charge in [-0.3, -0.25) is 9.79 Å². The number of piperazine rings is 1. The highest BCUT2D eigenvalue weighted by molar-refractivity contribution is 6.30. The second-order valence-electron chi connectivity index (χ2n) is 6.67. The van der Waals surface area contributed by atoms with Crippen LogP contribution in [0, 0.1) is 6.92 Å². The van der Waals surface area contributed by atoms with Crippen LogP contribution >= 0.6 is 11.6 Å². The first-order valence-corrected chi connectivity index (χ1v) is 9.26. The molecular formula is C18H25ClF3N5O. The molecule has 1 fully saturated rings. The number of hydrogen-bond acceptors (Lipinski definition) is 3. The van der Waals surface area contributed by atoms with Gasteiger partial charge in [-0.2, -0.15) is 13.2 Å². The van der Waals surface area contributed by atoms with Crippen molar-refractivity contribution < 1.29 is 18.0 Å². The molecule has 0 aromatic heterocycles. The number of carbonyl (C=O) groups excluding carboxylic acids is 1. The van der Waals surface area contributed by atoms with E-state index in [1.165, 1.54) is 0 Å². The SMILES string of the molecule is CN=C(NCC(=O)N(C)CC(F)(F)F)N1CCN(c2cc(Cl)ccc2C)CC1. The first-order chi connectivity index (χ1) is 13.1. The number of aliphatic imine (C=N–C) groups is 1. The summed E-state index contributed by atoms with van der Waals surface area (Å²) in [5.41, 5.74) is 2.22. The Morgan fingerprint density at radius 1 is 1.29 bits per heavy atom. The maximum Gasteiger partial charge on any atom is 0.406 e. The minimum Gasteiger partial charge on any atom is -0.368 e. The summed E-state index contributed by atoms with van der Waals surface area (Å²) in [5, 5.41) is 3.54. The van der Waals surface area contributed by atoms with Gasteiger partial charge in [-0.05, 0) is 24.6 Å². The van der Waals surface area contributed by atoms with Crippen LogP contribution in [0.4, 0.5) is 18.9 Å². The van der Waals surface area contributed by atoms with Crippen molar-refractivity contribution >= 4 is 29.2 Å². The molecule has 6 nitrogen and oxygen atoms in total. The molecule has 1 amide bonds. The number of alkyl halides is 3. The van der Waals surface area contributed by atoms with E-state index in [4.69, 9.17) is 11.6 Å². The van der Waals surface area contributed by atoms with Gasteiger partial charge in [0.05, 0.1) is 6.54 Å². The number of aryl methyl sites for hydroxylation is 1. The molecule has 2 rings (SSSR count). The maximum absolute atomic E-state index is 12.4. The van der Waals surface area contributed by atoms with Crippen LogP contribution < -0.4 is 10.2 Å². The summed E-state index contributed by atoms with van der Waals surface area (Å²) in [7, 11) is 2.71. The van der Waals surface area contributed by atoms with Gasteiger partial charge >= 0.3 is 6.18 Å². The Labute approximate surface area is 167 Å². The molecule has 156 valence electrons. The van der Waals surface area contributed by atoms with Gasteiger partial charge in [-0.15, -0.1) is 0 Å². The summed E-state index contributed by atoms with van der Waals surface area (Å²) in [6, 6.07) is 5.78. The standard InChI is InChI=1S/C18H25ClF3N5O/c1-13-4-5-14(19)10-15(13)26-6-8-27(9-7-26)17(23-2)24-11-16(28)25(3)12-18(20,21)22/h4-5,10H,6-9,11-12H2,1-3H3,(H,23,24). The Hall–Kier alpha value is -2.16. The van der Waals surface area contributed by atoms with Gasteiger partial charge in [0.15, 0.2) is 5.96 Å². The lowest BCUT2D eigenvalue weighted by Crippen LogP contribution is -2.54. The third kappa shape index (κ3) is 6.19. The average Bonchev–Trinajstić information content (AvgIpc) is 2.63. The Morgan fingerprint density at radius 3 is 2.50 bits per heavy atom. The van der Waals surface area contributed by atoms with E-state index in [0.29, 0.717) is 29.0 Å². The Morgan fingerprint density at radius 2 is 1.93 bits per heavy atom. The van der Waals surface area contributed by atoms with Gasteiger partial charge in [-0.25, -0.2) is 0 Å². The number of hydrogen-bond donors (Lipinski definition) is 1. The van der Waals surface area contributed by atoms with Gasteiger partial charge in [0.25, 0.3) is 0 Å². The summed E-state index contributed by atoms with van der Waals surface area (Å²) >= 11 is 6.10. The largest absolute Gasteiger partial charge is 0.406 e. The van der Waals surface area contributed by atoms with E-state index in [1.807, 2.05) is 30.0 Å². The molecule has 0 spiro atoms. The molecule has 10 heteroatoms.